The largest absolute Gasteiger partial charge is 0.467 e. The number of nitrogens with zero attached hydrogens (tertiary/aromatic N) is 1. The lowest BCUT2D eigenvalue weighted by molar-refractivity contribution is 0.0948. The first-order chi connectivity index (χ1) is 13.5. The van der Waals surface area contributed by atoms with E-state index in [9.17, 15) is 13.2 Å². The fourth-order valence-electron chi connectivity index (χ4n) is 3.50. The molecule has 2 heterocycles. The molecule has 0 spiro atoms. The van der Waals surface area contributed by atoms with Gasteiger partial charge in [-0.3, -0.25) is 9.10 Å². The molecule has 0 saturated carbocycles. The molecule has 6 nitrogen and oxygen atoms in total. The van der Waals surface area contributed by atoms with Crippen molar-refractivity contribution in [2.75, 3.05) is 4.31 Å². The van der Waals surface area contributed by atoms with E-state index in [0.717, 1.165) is 5.56 Å². The average Bonchev–Trinajstić information content (AvgIpc) is 3.33. The molecule has 1 aromatic heterocycles. The van der Waals surface area contributed by atoms with E-state index in [1.54, 1.807) is 66.9 Å². The highest BCUT2D eigenvalue weighted by Gasteiger charge is 2.36. The quantitative estimate of drug-likeness (QED) is 0.717. The molecule has 0 bridgehead atoms. The van der Waals surface area contributed by atoms with E-state index in [1.165, 1.54) is 4.31 Å². The molecule has 0 saturated heterocycles. The van der Waals surface area contributed by atoms with Gasteiger partial charge in [-0.2, -0.15) is 0 Å². The number of carbonyl (C=O) groups is 1. The minimum Gasteiger partial charge on any atom is -0.467 e. The van der Waals surface area contributed by atoms with Crippen molar-refractivity contribution in [3.63, 3.8) is 0 Å². The van der Waals surface area contributed by atoms with Crippen LogP contribution in [0.1, 0.15) is 28.6 Å². The molecule has 7 heteroatoms. The van der Waals surface area contributed by atoms with Crippen molar-refractivity contribution in [3.05, 3.63) is 83.8 Å². The summed E-state index contributed by atoms with van der Waals surface area (Å²) >= 11 is 0. The third-order valence-electron chi connectivity index (χ3n) is 4.80. The van der Waals surface area contributed by atoms with Crippen LogP contribution >= 0.6 is 0 Å². The Kier molecular flexibility index (Phi) is 4.68. The lowest BCUT2D eigenvalue weighted by Crippen LogP contribution is -2.35. The van der Waals surface area contributed by atoms with Crippen LogP contribution in [0.2, 0.25) is 0 Å². The molecule has 0 unspecified atom stereocenters. The Bertz CT molecular complexity index is 1090. The smallest absolute Gasteiger partial charge is 0.264 e. The summed E-state index contributed by atoms with van der Waals surface area (Å²) in [5, 5.41) is 2.81. The molecule has 0 fully saturated rings. The summed E-state index contributed by atoms with van der Waals surface area (Å²) in [6.07, 6.45) is 2.11. The van der Waals surface area contributed by atoms with Gasteiger partial charge in [0.1, 0.15) is 5.76 Å². The molecular formula is C21H20N2O4S. The van der Waals surface area contributed by atoms with Gasteiger partial charge >= 0.3 is 0 Å². The number of amides is 1. The molecular weight excluding hydrogens is 376 g/mol. The van der Waals surface area contributed by atoms with E-state index in [-0.39, 0.29) is 16.8 Å². The Morgan fingerprint density at radius 3 is 2.64 bits per heavy atom. The monoisotopic (exact) mass is 396 g/mol. The van der Waals surface area contributed by atoms with E-state index in [0.29, 0.717) is 30.0 Å². The number of nitrogens with one attached hydrogen (secondary N) is 1. The number of carbonyl (C=O) groups excluding carboxylic acids is 1. The van der Waals surface area contributed by atoms with Crippen molar-refractivity contribution in [1.82, 2.24) is 5.32 Å². The Morgan fingerprint density at radius 1 is 1.14 bits per heavy atom. The van der Waals surface area contributed by atoms with E-state index >= 15 is 0 Å². The van der Waals surface area contributed by atoms with Crippen LogP contribution in [0, 0.1) is 0 Å². The highest BCUT2D eigenvalue weighted by molar-refractivity contribution is 7.92. The average molecular weight is 396 g/mol. The van der Waals surface area contributed by atoms with E-state index in [4.69, 9.17) is 4.42 Å². The number of fused-ring (bicyclic) bond motifs is 1. The fraction of sp³-hybridized carbons (Fsp3) is 0.190. The highest BCUT2D eigenvalue weighted by atomic mass is 32.2. The van der Waals surface area contributed by atoms with E-state index < -0.39 is 10.0 Å². The van der Waals surface area contributed by atoms with Gasteiger partial charge in [0, 0.05) is 11.6 Å². The Hall–Kier alpha value is -3.06. The topological polar surface area (TPSA) is 79.6 Å². The summed E-state index contributed by atoms with van der Waals surface area (Å²) in [6, 6.07) is 16.9. The molecule has 0 aliphatic carbocycles. The zero-order valence-corrected chi connectivity index (χ0v) is 16.1. The van der Waals surface area contributed by atoms with Crippen molar-refractivity contribution in [1.29, 1.82) is 0 Å². The zero-order chi connectivity index (χ0) is 19.7. The molecule has 4 rings (SSSR count). The zero-order valence-electron chi connectivity index (χ0n) is 15.3. The van der Waals surface area contributed by atoms with Gasteiger partial charge in [-0.05, 0) is 61.4 Å². The molecule has 1 aliphatic rings. The molecule has 1 atom stereocenters. The molecule has 3 aromatic rings. The first-order valence-corrected chi connectivity index (χ1v) is 10.4. The molecule has 0 radical (unpaired) electrons. The molecule has 1 N–H and O–H groups in total. The summed E-state index contributed by atoms with van der Waals surface area (Å²) in [6.45, 7) is 2.17. The number of benzene rings is 2. The molecule has 28 heavy (non-hydrogen) atoms. The van der Waals surface area contributed by atoms with Crippen LogP contribution in [0.4, 0.5) is 5.69 Å². The summed E-state index contributed by atoms with van der Waals surface area (Å²) in [4.78, 5) is 12.7. The van der Waals surface area contributed by atoms with Crippen molar-refractivity contribution in [2.45, 2.75) is 30.8 Å². The van der Waals surface area contributed by atoms with Crippen LogP contribution in [0.25, 0.3) is 0 Å². The number of furan rings is 1. The number of hydrogen-bond acceptors (Lipinski definition) is 4. The number of rotatable bonds is 5. The summed E-state index contributed by atoms with van der Waals surface area (Å²) in [7, 11) is -3.65. The summed E-state index contributed by atoms with van der Waals surface area (Å²) in [5.41, 5.74) is 1.97. The minimum atomic E-state index is -3.65. The number of anilines is 1. The van der Waals surface area contributed by atoms with Crippen LogP contribution in [0.15, 0.2) is 76.2 Å². The second-order valence-corrected chi connectivity index (χ2v) is 8.59. The normalized spacial score (nSPS) is 16.0. The Morgan fingerprint density at radius 2 is 1.93 bits per heavy atom. The van der Waals surface area contributed by atoms with Gasteiger partial charge in [-0.25, -0.2) is 8.42 Å². The van der Waals surface area contributed by atoms with Crippen molar-refractivity contribution < 1.29 is 17.6 Å². The first kappa shape index (κ1) is 18.3. The molecule has 1 aliphatic heterocycles. The molecule has 2 aromatic carbocycles. The Balaban J connectivity index is 1.59. The van der Waals surface area contributed by atoms with Crippen molar-refractivity contribution in [3.8, 4) is 0 Å². The maximum atomic E-state index is 13.1. The standard InChI is InChI=1S/C21H20N2O4S/c1-15-12-17-13-16(21(24)22-14-18-6-5-11-27-18)9-10-20(17)23(15)28(25,26)19-7-3-2-4-8-19/h2-11,13,15H,12,14H2,1H3,(H,22,24)/t15-/m0/s1. The van der Waals surface area contributed by atoms with Gasteiger partial charge < -0.3 is 9.73 Å². The van der Waals surface area contributed by atoms with Crippen LogP contribution in [-0.2, 0) is 23.0 Å². The van der Waals surface area contributed by atoms with Crippen LogP contribution in [-0.4, -0.2) is 20.4 Å². The number of hydrogen-bond donors (Lipinski definition) is 1. The van der Waals surface area contributed by atoms with Gasteiger partial charge in [0.2, 0.25) is 0 Å². The van der Waals surface area contributed by atoms with Crippen LogP contribution in [0.3, 0.4) is 0 Å². The van der Waals surface area contributed by atoms with E-state index in [2.05, 4.69) is 5.32 Å². The number of sulfonamides is 1. The second-order valence-electron chi connectivity index (χ2n) is 6.77. The van der Waals surface area contributed by atoms with Gasteiger partial charge in [0.25, 0.3) is 15.9 Å². The Labute approximate surface area is 163 Å². The van der Waals surface area contributed by atoms with Gasteiger partial charge in [0.05, 0.1) is 23.4 Å². The van der Waals surface area contributed by atoms with Crippen molar-refractivity contribution in [2.24, 2.45) is 0 Å². The summed E-state index contributed by atoms with van der Waals surface area (Å²) < 4.78 is 32.9. The lowest BCUT2D eigenvalue weighted by Gasteiger charge is -2.24. The minimum absolute atomic E-state index is 0.221. The summed E-state index contributed by atoms with van der Waals surface area (Å²) in [5.74, 6) is 0.444. The lowest BCUT2D eigenvalue weighted by atomic mass is 10.1. The third-order valence-corrected chi connectivity index (χ3v) is 6.74. The predicted octanol–water partition coefficient (Wildman–Crippen LogP) is 3.35. The molecule has 144 valence electrons. The van der Waals surface area contributed by atoms with Gasteiger partial charge in [-0.15, -0.1) is 0 Å². The first-order valence-electron chi connectivity index (χ1n) is 9.00. The fourth-order valence-corrected chi connectivity index (χ4v) is 5.21. The predicted molar refractivity (Wildman–Crippen MR) is 106 cm³/mol. The molecule has 1 amide bonds. The SMILES string of the molecule is C[C@H]1Cc2cc(C(=O)NCc3ccco3)ccc2N1S(=O)(=O)c1ccccc1. The van der Waals surface area contributed by atoms with Gasteiger partial charge in [-0.1, -0.05) is 18.2 Å². The second kappa shape index (κ2) is 7.16. The van der Waals surface area contributed by atoms with Gasteiger partial charge in [0.15, 0.2) is 0 Å². The van der Waals surface area contributed by atoms with Crippen LogP contribution in [0.5, 0.6) is 0 Å². The maximum Gasteiger partial charge on any atom is 0.264 e. The van der Waals surface area contributed by atoms with Crippen LogP contribution < -0.4 is 9.62 Å². The van der Waals surface area contributed by atoms with E-state index in [1.807, 2.05) is 6.92 Å². The highest BCUT2D eigenvalue weighted by Crippen LogP contribution is 2.37. The third kappa shape index (κ3) is 3.29. The maximum absolute atomic E-state index is 13.1. The van der Waals surface area contributed by atoms with Crippen molar-refractivity contribution >= 4 is 21.6 Å².